The van der Waals surface area contributed by atoms with Gasteiger partial charge in [0.25, 0.3) is 0 Å². The van der Waals surface area contributed by atoms with E-state index in [0.717, 1.165) is 23.1 Å². The molecule has 2 aliphatic carbocycles. The SMILES string of the molecule is CCCCCC1CCC(c2ccc(OCOC(COC(=O)c3ccc(C4CCC(CCCCC)CC4)cc3)c3ccccc3)cc2)CC1.[HH].[HH]. The molecule has 0 aliphatic heterocycles. The van der Waals surface area contributed by atoms with Crippen molar-refractivity contribution < 1.29 is 21.9 Å². The van der Waals surface area contributed by atoms with Crippen molar-refractivity contribution in [2.75, 3.05) is 13.4 Å². The molecule has 1 atom stereocenters. The van der Waals surface area contributed by atoms with E-state index in [1.807, 2.05) is 42.5 Å². The van der Waals surface area contributed by atoms with Gasteiger partial charge in [0, 0.05) is 2.85 Å². The van der Waals surface area contributed by atoms with E-state index in [4.69, 9.17) is 14.2 Å². The van der Waals surface area contributed by atoms with Gasteiger partial charge in [0.05, 0.1) is 5.56 Å². The molecule has 4 heteroatoms. The largest absolute Gasteiger partial charge is 0.468 e. The Morgan fingerprint density at radius 2 is 1.19 bits per heavy atom. The lowest BCUT2D eigenvalue weighted by atomic mass is 9.77. The Balaban J connectivity index is 0.00000338. The summed E-state index contributed by atoms with van der Waals surface area (Å²) in [5.41, 5.74) is 4.30. The van der Waals surface area contributed by atoms with E-state index in [9.17, 15) is 4.79 Å². The average Bonchev–Trinajstić information content (AvgIpc) is 3.14. The number of ether oxygens (including phenoxy) is 3. The fourth-order valence-electron chi connectivity index (χ4n) is 7.99. The summed E-state index contributed by atoms with van der Waals surface area (Å²) in [5, 5.41) is 0. The lowest BCUT2D eigenvalue weighted by Gasteiger charge is -2.29. The van der Waals surface area contributed by atoms with Crippen LogP contribution >= 0.6 is 0 Å². The molecule has 0 heterocycles. The van der Waals surface area contributed by atoms with E-state index >= 15 is 0 Å². The van der Waals surface area contributed by atoms with E-state index in [0.29, 0.717) is 17.4 Å². The molecule has 0 radical (unpaired) electrons. The Hall–Kier alpha value is -3.11. The van der Waals surface area contributed by atoms with Crippen molar-refractivity contribution in [3.8, 4) is 5.75 Å². The quantitative estimate of drug-likeness (QED) is 0.0776. The molecule has 264 valence electrons. The molecule has 3 aromatic carbocycles. The van der Waals surface area contributed by atoms with Crippen LogP contribution in [0, 0.1) is 11.8 Å². The van der Waals surface area contributed by atoms with E-state index < -0.39 is 6.10 Å². The molecule has 0 bridgehead atoms. The number of hydrogen-bond acceptors (Lipinski definition) is 4. The smallest absolute Gasteiger partial charge is 0.338 e. The van der Waals surface area contributed by atoms with Gasteiger partial charge >= 0.3 is 5.97 Å². The minimum absolute atomic E-state index is 0. The second-order valence-corrected chi connectivity index (χ2v) is 14.5. The van der Waals surface area contributed by atoms with E-state index in [2.05, 4.69) is 50.2 Å². The fourth-order valence-corrected chi connectivity index (χ4v) is 7.99. The molecule has 2 saturated carbocycles. The van der Waals surface area contributed by atoms with Crippen molar-refractivity contribution in [3.63, 3.8) is 0 Å². The zero-order valence-corrected chi connectivity index (χ0v) is 29.8. The molecule has 48 heavy (non-hydrogen) atoms. The second-order valence-electron chi connectivity index (χ2n) is 14.5. The highest BCUT2D eigenvalue weighted by molar-refractivity contribution is 5.89. The Bertz CT molecular complexity index is 1310. The highest BCUT2D eigenvalue weighted by atomic mass is 16.7. The van der Waals surface area contributed by atoms with Crippen LogP contribution in [0.3, 0.4) is 0 Å². The Labute approximate surface area is 293 Å². The first-order valence-corrected chi connectivity index (χ1v) is 19.3. The maximum Gasteiger partial charge on any atom is 0.338 e. The van der Waals surface area contributed by atoms with Gasteiger partial charge in [0.1, 0.15) is 18.5 Å². The van der Waals surface area contributed by atoms with E-state index in [1.165, 1.54) is 114 Å². The van der Waals surface area contributed by atoms with Gasteiger partial charge in [-0.3, -0.25) is 0 Å². The lowest BCUT2D eigenvalue weighted by Crippen LogP contribution is -2.18. The van der Waals surface area contributed by atoms with Crippen LogP contribution in [0.4, 0.5) is 0 Å². The molecular weight excluding hydrogens is 592 g/mol. The first-order valence-electron chi connectivity index (χ1n) is 19.3. The number of unbranched alkanes of at least 4 members (excludes halogenated alkanes) is 4. The summed E-state index contributed by atoms with van der Waals surface area (Å²) >= 11 is 0. The number of esters is 1. The molecular formula is C44H64O4. The van der Waals surface area contributed by atoms with Gasteiger partial charge in [-0.15, -0.1) is 0 Å². The second kappa shape index (κ2) is 19.8. The predicted octanol–water partition coefficient (Wildman–Crippen LogP) is 12.8. The Morgan fingerprint density at radius 3 is 1.71 bits per heavy atom. The van der Waals surface area contributed by atoms with Crippen molar-refractivity contribution in [2.24, 2.45) is 11.8 Å². The van der Waals surface area contributed by atoms with Crippen LogP contribution < -0.4 is 4.74 Å². The molecule has 0 N–H and O–H groups in total. The molecule has 3 aromatic rings. The fraction of sp³-hybridized carbons (Fsp3) is 0.568. The lowest BCUT2D eigenvalue weighted by molar-refractivity contribution is -0.0641. The number of hydrogen-bond donors (Lipinski definition) is 0. The van der Waals surface area contributed by atoms with Gasteiger partial charge < -0.3 is 14.2 Å². The zero-order chi connectivity index (χ0) is 33.4. The van der Waals surface area contributed by atoms with Crippen LogP contribution in [0.15, 0.2) is 78.9 Å². The van der Waals surface area contributed by atoms with Crippen LogP contribution in [0.1, 0.15) is 164 Å². The molecule has 0 saturated heterocycles. The zero-order valence-electron chi connectivity index (χ0n) is 29.8. The maximum atomic E-state index is 13.1. The first kappa shape index (κ1) is 36.2. The van der Waals surface area contributed by atoms with Crippen LogP contribution in [0.25, 0.3) is 0 Å². The summed E-state index contributed by atoms with van der Waals surface area (Å²) in [6.07, 6.45) is 20.9. The summed E-state index contributed by atoms with van der Waals surface area (Å²) in [5.74, 6) is 3.55. The third kappa shape index (κ3) is 11.2. The average molecular weight is 657 g/mol. The van der Waals surface area contributed by atoms with Gasteiger partial charge in [0.15, 0.2) is 6.79 Å². The minimum Gasteiger partial charge on any atom is -0.468 e. The number of rotatable bonds is 18. The molecule has 4 nitrogen and oxygen atoms in total. The Kier molecular flexibility index (Phi) is 14.9. The Morgan fingerprint density at radius 1 is 0.667 bits per heavy atom. The standard InChI is InChI=1S/C44H60O4.2H2/c1-3-5-8-12-34-16-20-36(21-17-34)38-24-26-41(27-25-38)44(45)46-32-43(40-14-10-7-11-15-40)48-33-47-42-30-28-39(29-31-42)37-22-18-35(19-23-37)13-9-6-4-2;;/h7,10-11,14-15,24-31,34-37,43H,3-6,8-9,12-13,16-23,32-33H2,1-2H3;2*1H. The third-order valence-electron chi connectivity index (χ3n) is 11.1. The number of benzene rings is 3. The monoisotopic (exact) mass is 656 g/mol. The highest BCUT2D eigenvalue weighted by Crippen LogP contribution is 2.39. The van der Waals surface area contributed by atoms with E-state index in [1.54, 1.807) is 0 Å². The van der Waals surface area contributed by atoms with Gasteiger partial charge in [0.2, 0.25) is 0 Å². The van der Waals surface area contributed by atoms with Gasteiger partial charge in [-0.2, -0.15) is 0 Å². The van der Waals surface area contributed by atoms with Crippen molar-refractivity contribution in [3.05, 3.63) is 101 Å². The molecule has 2 aliphatic rings. The van der Waals surface area contributed by atoms with Crippen LogP contribution in [-0.2, 0) is 9.47 Å². The topological polar surface area (TPSA) is 44.8 Å². The maximum absolute atomic E-state index is 13.1. The minimum atomic E-state index is -0.422. The van der Waals surface area contributed by atoms with Crippen LogP contribution in [0.2, 0.25) is 0 Å². The number of carbonyl (C=O) groups excluding carboxylic acids is 1. The summed E-state index contributed by atoms with van der Waals surface area (Å²) in [6.45, 7) is 4.77. The van der Waals surface area contributed by atoms with Crippen LogP contribution in [-0.4, -0.2) is 19.4 Å². The molecule has 1 unspecified atom stereocenters. The van der Waals surface area contributed by atoms with Gasteiger partial charge in [-0.1, -0.05) is 120 Å². The van der Waals surface area contributed by atoms with Crippen molar-refractivity contribution in [2.45, 2.75) is 135 Å². The molecule has 0 aromatic heterocycles. The summed E-state index contributed by atoms with van der Waals surface area (Å²) < 4.78 is 17.9. The molecule has 0 spiro atoms. The number of carbonyl (C=O) groups is 1. The normalized spacial score (nSPS) is 21.8. The third-order valence-corrected chi connectivity index (χ3v) is 11.1. The van der Waals surface area contributed by atoms with Crippen molar-refractivity contribution in [1.29, 1.82) is 0 Å². The van der Waals surface area contributed by atoms with Crippen LogP contribution in [0.5, 0.6) is 5.75 Å². The summed E-state index contributed by atoms with van der Waals surface area (Å²) in [4.78, 5) is 13.1. The van der Waals surface area contributed by atoms with Gasteiger partial charge in [-0.25, -0.2) is 4.79 Å². The van der Waals surface area contributed by atoms with Crippen molar-refractivity contribution >= 4 is 5.97 Å². The van der Waals surface area contributed by atoms with Crippen molar-refractivity contribution in [1.82, 2.24) is 0 Å². The molecule has 2 fully saturated rings. The molecule has 0 amide bonds. The van der Waals surface area contributed by atoms with E-state index in [-0.39, 0.29) is 22.2 Å². The first-order chi connectivity index (χ1) is 23.6. The predicted molar refractivity (Wildman–Crippen MR) is 201 cm³/mol. The molecule has 5 rings (SSSR count). The summed E-state index contributed by atoms with van der Waals surface area (Å²) in [7, 11) is 0. The van der Waals surface area contributed by atoms with Gasteiger partial charge in [-0.05, 0) is 116 Å². The highest BCUT2D eigenvalue weighted by Gasteiger charge is 2.24. The summed E-state index contributed by atoms with van der Waals surface area (Å²) in [6, 6.07) is 26.6.